The Morgan fingerprint density at radius 1 is 1.00 bits per heavy atom. The van der Waals surface area contributed by atoms with Crippen molar-refractivity contribution in [2.24, 2.45) is 11.5 Å². The van der Waals surface area contributed by atoms with Crippen LogP contribution in [0.4, 0.5) is 0 Å². The van der Waals surface area contributed by atoms with Gasteiger partial charge in [-0.3, -0.25) is 0 Å². The molecule has 0 unspecified atom stereocenters. The first-order chi connectivity index (χ1) is 1.91. The monoisotopic (exact) mass is 188 g/mol. The van der Waals surface area contributed by atoms with Gasteiger partial charge in [-0.15, -0.1) is 24.0 Å². The van der Waals surface area contributed by atoms with Crippen molar-refractivity contribution in [1.29, 1.82) is 0 Å². The predicted molar refractivity (Wildman–Crippen MR) is 33.5 cm³/mol. The average molecular weight is 188 g/mol. The first kappa shape index (κ1) is 9.17. The van der Waals surface area contributed by atoms with E-state index in [0.717, 1.165) is 0 Å². The molecule has 2 nitrogen and oxygen atoms in total. The highest BCUT2D eigenvalue weighted by Gasteiger charge is 1.54. The summed E-state index contributed by atoms with van der Waals surface area (Å²) in [5.41, 5.74) is 9.81. The Morgan fingerprint density at radius 2 is 1.20 bits per heavy atom. The quantitative estimate of drug-likeness (QED) is 0.546. The zero-order chi connectivity index (χ0) is 3.41. The van der Waals surface area contributed by atoms with Crippen LogP contribution in [0.25, 0.3) is 0 Å². The molecular weight excluding hydrogens is 179 g/mol. The van der Waals surface area contributed by atoms with Crippen LogP contribution in [0.1, 0.15) is 0 Å². The lowest BCUT2D eigenvalue weighted by atomic mass is 10.7. The Labute approximate surface area is 48.9 Å². The van der Waals surface area contributed by atoms with E-state index in [0.29, 0.717) is 13.1 Å². The second kappa shape index (κ2) is 8.82. The molecule has 0 saturated heterocycles. The second-order valence-corrected chi connectivity index (χ2v) is 0.577. The number of hydrogen-bond acceptors (Lipinski definition) is 2. The molecular formula is C2H9IN2. The number of halogens is 1. The Hall–Kier alpha value is 0.650. The molecule has 0 saturated carbocycles. The SMILES string of the molecule is I.NCCN. The van der Waals surface area contributed by atoms with E-state index in [1.165, 1.54) is 0 Å². The van der Waals surface area contributed by atoms with Gasteiger partial charge in [0.1, 0.15) is 0 Å². The summed E-state index contributed by atoms with van der Waals surface area (Å²) in [4.78, 5) is 0. The van der Waals surface area contributed by atoms with Crippen molar-refractivity contribution in [3.05, 3.63) is 0 Å². The van der Waals surface area contributed by atoms with Gasteiger partial charge in [-0.1, -0.05) is 0 Å². The average Bonchev–Trinajstić information content (AvgIpc) is 1.37. The number of nitrogens with two attached hydrogens (primary N) is 2. The summed E-state index contributed by atoms with van der Waals surface area (Å²) in [6.07, 6.45) is 0. The maximum Gasteiger partial charge on any atom is 0.00461 e. The minimum atomic E-state index is 0. The van der Waals surface area contributed by atoms with E-state index in [1.807, 2.05) is 0 Å². The molecule has 3 heteroatoms. The van der Waals surface area contributed by atoms with Gasteiger partial charge < -0.3 is 11.5 Å². The van der Waals surface area contributed by atoms with Gasteiger partial charge in [-0.25, -0.2) is 0 Å². The summed E-state index contributed by atoms with van der Waals surface area (Å²) in [5.74, 6) is 0. The molecule has 5 heavy (non-hydrogen) atoms. The fraction of sp³-hybridized carbons (Fsp3) is 1.00. The molecule has 0 aromatic carbocycles. The third-order valence-corrected chi connectivity index (χ3v) is 0.167. The molecule has 0 aliphatic heterocycles. The third-order valence-electron chi connectivity index (χ3n) is 0.167. The Bertz CT molecular complexity index is 9.61. The molecule has 0 amide bonds. The van der Waals surface area contributed by atoms with Crippen molar-refractivity contribution in [2.45, 2.75) is 0 Å². The van der Waals surface area contributed by atoms with Crippen LogP contribution in [0.3, 0.4) is 0 Å². The largest absolute Gasteiger partial charge is 0.329 e. The van der Waals surface area contributed by atoms with Crippen LogP contribution in [0.2, 0.25) is 0 Å². The van der Waals surface area contributed by atoms with Crippen molar-refractivity contribution in [2.75, 3.05) is 13.1 Å². The van der Waals surface area contributed by atoms with Gasteiger partial charge in [0.2, 0.25) is 0 Å². The van der Waals surface area contributed by atoms with Crippen LogP contribution in [-0.2, 0) is 0 Å². The van der Waals surface area contributed by atoms with Crippen LogP contribution in [-0.4, -0.2) is 13.1 Å². The van der Waals surface area contributed by atoms with Crippen molar-refractivity contribution in [3.8, 4) is 0 Å². The van der Waals surface area contributed by atoms with Gasteiger partial charge in [0.25, 0.3) is 0 Å². The van der Waals surface area contributed by atoms with Crippen molar-refractivity contribution in [3.63, 3.8) is 0 Å². The van der Waals surface area contributed by atoms with Crippen LogP contribution in [0, 0.1) is 0 Å². The van der Waals surface area contributed by atoms with Gasteiger partial charge in [0, 0.05) is 13.1 Å². The van der Waals surface area contributed by atoms with Crippen LogP contribution in [0.5, 0.6) is 0 Å². The second-order valence-electron chi connectivity index (χ2n) is 0.577. The molecule has 0 bridgehead atoms. The van der Waals surface area contributed by atoms with Gasteiger partial charge >= 0.3 is 0 Å². The van der Waals surface area contributed by atoms with E-state index in [4.69, 9.17) is 11.5 Å². The molecule has 0 radical (unpaired) electrons. The molecule has 0 aliphatic carbocycles. The molecule has 0 aliphatic rings. The van der Waals surface area contributed by atoms with E-state index in [1.54, 1.807) is 0 Å². The van der Waals surface area contributed by atoms with Crippen LogP contribution in [0.15, 0.2) is 0 Å². The summed E-state index contributed by atoms with van der Waals surface area (Å²) >= 11 is 0. The molecule has 0 rings (SSSR count). The first-order valence-electron chi connectivity index (χ1n) is 1.32. The van der Waals surface area contributed by atoms with Crippen molar-refractivity contribution < 1.29 is 0 Å². The molecule has 0 aromatic rings. The minimum absolute atomic E-state index is 0. The van der Waals surface area contributed by atoms with E-state index in [-0.39, 0.29) is 24.0 Å². The molecule has 4 N–H and O–H groups in total. The summed E-state index contributed by atoms with van der Waals surface area (Å²) < 4.78 is 0. The molecule has 34 valence electrons. The predicted octanol–water partition coefficient (Wildman–Crippen LogP) is -0.478. The first-order valence-corrected chi connectivity index (χ1v) is 1.32. The highest BCUT2D eigenvalue weighted by Crippen LogP contribution is 1.24. The van der Waals surface area contributed by atoms with Gasteiger partial charge in [-0.2, -0.15) is 0 Å². The minimum Gasteiger partial charge on any atom is -0.329 e. The van der Waals surface area contributed by atoms with Gasteiger partial charge in [-0.05, 0) is 0 Å². The zero-order valence-electron chi connectivity index (χ0n) is 2.98. The summed E-state index contributed by atoms with van der Waals surface area (Å²) in [5, 5.41) is 0. The Kier molecular flexibility index (Phi) is 16.2. The maximum atomic E-state index is 4.90. The maximum absolute atomic E-state index is 4.90. The normalized spacial score (nSPS) is 6.00. The van der Waals surface area contributed by atoms with Crippen molar-refractivity contribution in [1.82, 2.24) is 0 Å². The number of hydrogen-bond donors (Lipinski definition) is 2. The van der Waals surface area contributed by atoms with Gasteiger partial charge in [0.05, 0.1) is 0 Å². The van der Waals surface area contributed by atoms with E-state index < -0.39 is 0 Å². The lowest BCUT2D eigenvalue weighted by molar-refractivity contribution is 0.976. The number of rotatable bonds is 1. The van der Waals surface area contributed by atoms with E-state index in [9.17, 15) is 0 Å². The molecule has 0 aromatic heterocycles. The van der Waals surface area contributed by atoms with E-state index in [2.05, 4.69) is 0 Å². The Balaban J connectivity index is 0. The fourth-order valence-electron chi connectivity index (χ4n) is 0. The van der Waals surface area contributed by atoms with Gasteiger partial charge in [0.15, 0.2) is 0 Å². The van der Waals surface area contributed by atoms with Crippen LogP contribution >= 0.6 is 24.0 Å². The topological polar surface area (TPSA) is 52.0 Å². The molecule has 0 heterocycles. The summed E-state index contributed by atoms with van der Waals surface area (Å²) in [7, 11) is 0. The molecule has 0 atom stereocenters. The third kappa shape index (κ3) is 12.0. The van der Waals surface area contributed by atoms with Crippen molar-refractivity contribution >= 4 is 24.0 Å². The highest BCUT2D eigenvalue weighted by molar-refractivity contribution is 14.0. The van der Waals surface area contributed by atoms with Crippen LogP contribution < -0.4 is 11.5 Å². The lowest BCUT2D eigenvalue weighted by Gasteiger charge is -1.72. The summed E-state index contributed by atoms with van der Waals surface area (Å²) in [6.45, 7) is 1.19. The summed E-state index contributed by atoms with van der Waals surface area (Å²) in [6, 6.07) is 0. The molecule has 0 spiro atoms. The smallest absolute Gasteiger partial charge is 0.00461 e. The fourth-order valence-corrected chi connectivity index (χ4v) is 0. The standard InChI is InChI=1S/C2H8N2.HI/c3-1-2-4;/h1-4H2;1H. The molecule has 0 fully saturated rings. The van der Waals surface area contributed by atoms with E-state index >= 15 is 0 Å². The Morgan fingerprint density at radius 3 is 1.20 bits per heavy atom. The highest BCUT2D eigenvalue weighted by atomic mass is 127. The lowest BCUT2D eigenvalue weighted by Crippen LogP contribution is -2.11. The zero-order valence-corrected chi connectivity index (χ0v) is 5.31.